The average Bonchev–Trinajstić information content (AvgIpc) is 2.60. The summed E-state index contributed by atoms with van der Waals surface area (Å²) in [4.78, 5) is 13.9. The molecular weight excluding hydrogens is 221 g/mol. The van der Waals surface area contributed by atoms with Gasteiger partial charge in [0.05, 0.1) is 5.56 Å². The molecule has 0 bridgehead atoms. The molecule has 1 aromatic carbocycles. The van der Waals surface area contributed by atoms with E-state index in [1.165, 1.54) is 6.07 Å². The zero-order valence-corrected chi connectivity index (χ0v) is 9.98. The van der Waals surface area contributed by atoms with Crippen molar-refractivity contribution in [2.75, 3.05) is 6.54 Å². The Kier molecular flexibility index (Phi) is 3.05. The van der Waals surface area contributed by atoms with Gasteiger partial charge in [0.25, 0.3) is 5.91 Å². The van der Waals surface area contributed by atoms with Crippen molar-refractivity contribution in [1.29, 1.82) is 0 Å². The summed E-state index contributed by atoms with van der Waals surface area (Å²) in [5, 5.41) is 9.60. The van der Waals surface area contributed by atoms with E-state index in [-0.39, 0.29) is 23.3 Å². The van der Waals surface area contributed by atoms with Gasteiger partial charge >= 0.3 is 0 Å². The highest BCUT2D eigenvalue weighted by atomic mass is 19.1. The molecule has 3 nitrogen and oxygen atoms in total. The van der Waals surface area contributed by atoms with Crippen molar-refractivity contribution < 1.29 is 14.3 Å². The number of hydrogen-bond acceptors (Lipinski definition) is 2. The fraction of sp³-hybridized carbons (Fsp3) is 0.462. The number of aromatic hydroxyl groups is 1. The first-order valence-corrected chi connectivity index (χ1v) is 5.78. The minimum Gasteiger partial charge on any atom is -0.507 e. The van der Waals surface area contributed by atoms with E-state index in [4.69, 9.17) is 0 Å². The fourth-order valence-electron chi connectivity index (χ4n) is 2.42. The normalized spacial score (nSPS) is 24.1. The fourth-order valence-corrected chi connectivity index (χ4v) is 2.42. The minimum absolute atomic E-state index is 0.0472. The Balaban J connectivity index is 2.28. The Morgan fingerprint density at radius 3 is 2.76 bits per heavy atom. The molecule has 17 heavy (non-hydrogen) atoms. The summed E-state index contributed by atoms with van der Waals surface area (Å²) >= 11 is 0. The predicted octanol–water partition coefficient (Wildman–Crippen LogP) is 2.40. The number of phenolic OH excluding ortho intramolecular Hbond substituents is 1. The van der Waals surface area contributed by atoms with E-state index in [1.807, 2.05) is 6.92 Å². The van der Waals surface area contributed by atoms with E-state index in [9.17, 15) is 14.3 Å². The topological polar surface area (TPSA) is 40.5 Å². The van der Waals surface area contributed by atoms with Gasteiger partial charge in [-0.25, -0.2) is 4.39 Å². The Labute approximate surface area is 99.9 Å². The smallest absolute Gasteiger partial charge is 0.257 e. The van der Waals surface area contributed by atoms with E-state index in [2.05, 4.69) is 6.92 Å². The van der Waals surface area contributed by atoms with Crippen LogP contribution in [0.5, 0.6) is 5.75 Å². The summed E-state index contributed by atoms with van der Waals surface area (Å²) < 4.78 is 13.1. The van der Waals surface area contributed by atoms with Crippen LogP contribution in [0.3, 0.4) is 0 Å². The minimum atomic E-state index is -0.508. The van der Waals surface area contributed by atoms with Crippen LogP contribution in [0, 0.1) is 11.7 Å². The lowest BCUT2D eigenvalue weighted by atomic mass is 10.1. The lowest BCUT2D eigenvalue weighted by Gasteiger charge is -2.21. The molecule has 2 rings (SSSR count). The van der Waals surface area contributed by atoms with Crippen LogP contribution in [0.2, 0.25) is 0 Å². The van der Waals surface area contributed by atoms with Gasteiger partial charge < -0.3 is 10.0 Å². The van der Waals surface area contributed by atoms with Crippen molar-refractivity contribution in [2.24, 2.45) is 5.92 Å². The third-order valence-corrected chi connectivity index (χ3v) is 3.23. The quantitative estimate of drug-likeness (QED) is 0.814. The number of rotatable bonds is 1. The van der Waals surface area contributed by atoms with E-state index in [0.717, 1.165) is 18.6 Å². The van der Waals surface area contributed by atoms with Crippen LogP contribution in [-0.4, -0.2) is 28.5 Å². The zero-order valence-electron chi connectivity index (χ0n) is 9.98. The summed E-state index contributed by atoms with van der Waals surface area (Å²) in [6.45, 7) is 4.71. The lowest BCUT2D eigenvalue weighted by Crippen LogP contribution is -2.34. The molecule has 4 heteroatoms. The van der Waals surface area contributed by atoms with Gasteiger partial charge in [-0.05, 0) is 37.5 Å². The molecule has 1 heterocycles. The second-order valence-corrected chi connectivity index (χ2v) is 4.81. The maximum absolute atomic E-state index is 13.1. The molecule has 0 aromatic heterocycles. The van der Waals surface area contributed by atoms with E-state index in [0.29, 0.717) is 12.5 Å². The van der Waals surface area contributed by atoms with Crippen molar-refractivity contribution in [3.05, 3.63) is 29.6 Å². The highest BCUT2D eigenvalue weighted by Crippen LogP contribution is 2.27. The summed E-state index contributed by atoms with van der Waals surface area (Å²) in [6.07, 6.45) is 0.946. The van der Waals surface area contributed by atoms with Crippen LogP contribution in [0.15, 0.2) is 18.2 Å². The highest BCUT2D eigenvalue weighted by molar-refractivity contribution is 5.97. The largest absolute Gasteiger partial charge is 0.507 e. The molecule has 0 spiro atoms. The molecular formula is C13H16FNO2. The number of amides is 1. The molecule has 0 aliphatic carbocycles. The van der Waals surface area contributed by atoms with Crippen LogP contribution in [0.1, 0.15) is 30.6 Å². The molecule has 1 aromatic rings. The number of nitrogens with zero attached hydrogens (tertiary/aromatic N) is 1. The standard InChI is InChI=1S/C13H16FNO2/c1-8-5-9(2)15(7-8)13(17)11-6-10(14)3-4-12(11)16/h3-4,6,8-9,16H,5,7H2,1-2H3. The van der Waals surface area contributed by atoms with Gasteiger partial charge in [-0.15, -0.1) is 0 Å². The van der Waals surface area contributed by atoms with Crippen molar-refractivity contribution in [2.45, 2.75) is 26.3 Å². The SMILES string of the molecule is CC1CC(C)N(C(=O)c2cc(F)ccc2O)C1. The van der Waals surface area contributed by atoms with E-state index >= 15 is 0 Å². The molecule has 2 unspecified atom stereocenters. The van der Waals surface area contributed by atoms with Crippen LogP contribution in [-0.2, 0) is 0 Å². The first-order chi connectivity index (χ1) is 7.99. The third kappa shape index (κ3) is 2.25. The second kappa shape index (κ2) is 4.35. The molecule has 1 aliphatic heterocycles. The molecule has 1 saturated heterocycles. The Bertz CT molecular complexity index is 447. The molecule has 1 aliphatic rings. The van der Waals surface area contributed by atoms with Gasteiger partial charge in [-0.1, -0.05) is 6.92 Å². The number of carbonyl (C=O) groups excluding carboxylic acids is 1. The van der Waals surface area contributed by atoms with Gasteiger partial charge in [0, 0.05) is 12.6 Å². The summed E-state index contributed by atoms with van der Waals surface area (Å²) in [5.41, 5.74) is 0.0472. The van der Waals surface area contributed by atoms with Crippen LogP contribution in [0.25, 0.3) is 0 Å². The average molecular weight is 237 g/mol. The number of phenols is 1. The maximum atomic E-state index is 13.1. The Morgan fingerprint density at radius 1 is 1.47 bits per heavy atom. The van der Waals surface area contributed by atoms with Crippen molar-refractivity contribution in [3.8, 4) is 5.75 Å². The van der Waals surface area contributed by atoms with Crippen molar-refractivity contribution >= 4 is 5.91 Å². The van der Waals surface area contributed by atoms with E-state index in [1.54, 1.807) is 4.90 Å². The first kappa shape index (κ1) is 11.9. The second-order valence-electron chi connectivity index (χ2n) is 4.81. The van der Waals surface area contributed by atoms with Crippen molar-refractivity contribution in [3.63, 3.8) is 0 Å². The van der Waals surface area contributed by atoms with Gasteiger partial charge in [-0.2, -0.15) is 0 Å². The van der Waals surface area contributed by atoms with Gasteiger partial charge in [0.1, 0.15) is 11.6 Å². The first-order valence-electron chi connectivity index (χ1n) is 5.78. The highest BCUT2D eigenvalue weighted by Gasteiger charge is 2.31. The summed E-state index contributed by atoms with van der Waals surface area (Å²) in [6, 6.07) is 3.59. The Morgan fingerprint density at radius 2 is 2.18 bits per heavy atom. The molecule has 0 radical (unpaired) electrons. The summed E-state index contributed by atoms with van der Waals surface area (Å²) in [7, 11) is 0. The van der Waals surface area contributed by atoms with Gasteiger partial charge in [-0.3, -0.25) is 4.79 Å². The zero-order chi connectivity index (χ0) is 12.6. The maximum Gasteiger partial charge on any atom is 0.257 e. The number of carbonyl (C=O) groups is 1. The number of halogens is 1. The molecule has 1 amide bonds. The molecule has 2 atom stereocenters. The van der Waals surface area contributed by atoms with Crippen LogP contribution >= 0.6 is 0 Å². The third-order valence-electron chi connectivity index (χ3n) is 3.23. The molecule has 1 N–H and O–H groups in total. The van der Waals surface area contributed by atoms with Gasteiger partial charge in [0.2, 0.25) is 0 Å². The number of benzene rings is 1. The summed E-state index contributed by atoms with van der Waals surface area (Å²) in [5.74, 6) is -0.516. The van der Waals surface area contributed by atoms with Gasteiger partial charge in [0.15, 0.2) is 0 Å². The monoisotopic (exact) mass is 237 g/mol. The predicted molar refractivity (Wildman–Crippen MR) is 62.3 cm³/mol. The van der Waals surface area contributed by atoms with E-state index < -0.39 is 5.82 Å². The lowest BCUT2D eigenvalue weighted by molar-refractivity contribution is 0.0740. The molecule has 92 valence electrons. The van der Waals surface area contributed by atoms with Crippen LogP contribution in [0.4, 0.5) is 4.39 Å². The van der Waals surface area contributed by atoms with Crippen molar-refractivity contribution in [1.82, 2.24) is 4.90 Å². The number of likely N-dealkylation sites (tertiary alicyclic amines) is 1. The molecule has 0 saturated carbocycles. The molecule has 1 fully saturated rings. The number of hydrogen-bond donors (Lipinski definition) is 1. The Hall–Kier alpha value is -1.58. The van der Waals surface area contributed by atoms with Crippen LogP contribution < -0.4 is 0 Å².